The van der Waals surface area contributed by atoms with E-state index >= 15 is 0 Å². The molecule has 2 aromatic rings. The van der Waals surface area contributed by atoms with E-state index in [0.29, 0.717) is 35.8 Å². The lowest BCUT2D eigenvalue weighted by Crippen LogP contribution is -2.40. The zero-order chi connectivity index (χ0) is 21.3. The highest BCUT2D eigenvalue weighted by Gasteiger charge is 2.38. The summed E-state index contributed by atoms with van der Waals surface area (Å²) in [5, 5.41) is 8.05. The second-order valence-electron chi connectivity index (χ2n) is 7.84. The van der Waals surface area contributed by atoms with E-state index in [9.17, 15) is 14.4 Å². The first-order valence-electron chi connectivity index (χ1n) is 10.2. The molecule has 1 atom stereocenters. The fourth-order valence-corrected chi connectivity index (χ4v) is 5.21. The number of carbonyl (C=O) groups is 3. The molecule has 2 aliphatic rings. The lowest BCUT2D eigenvalue weighted by atomic mass is 10.1. The van der Waals surface area contributed by atoms with Crippen molar-refractivity contribution < 1.29 is 14.4 Å². The summed E-state index contributed by atoms with van der Waals surface area (Å²) in [6.45, 7) is 2.67. The summed E-state index contributed by atoms with van der Waals surface area (Å²) in [5.74, 6) is 0.108. The van der Waals surface area contributed by atoms with Crippen LogP contribution >= 0.6 is 22.9 Å². The Balaban J connectivity index is 1.39. The summed E-state index contributed by atoms with van der Waals surface area (Å²) in [6.07, 6.45) is 4.23. The maximum Gasteiger partial charge on any atom is 0.319 e. The van der Waals surface area contributed by atoms with Crippen LogP contribution in [0.4, 0.5) is 10.5 Å². The molecule has 0 saturated heterocycles. The summed E-state index contributed by atoms with van der Waals surface area (Å²) in [6, 6.07) is 4.70. The number of fused-ring (bicyclic) bond motifs is 1. The Morgan fingerprint density at radius 1 is 1.27 bits per heavy atom. The van der Waals surface area contributed by atoms with E-state index in [1.807, 2.05) is 18.4 Å². The van der Waals surface area contributed by atoms with Gasteiger partial charge in [-0.2, -0.15) is 0 Å². The fourth-order valence-electron chi connectivity index (χ4n) is 4.05. The average molecular weight is 446 g/mol. The Morgan fingerprint density at radius 2 is 2.10 bits per heavy atom. The summed E-state index contributed by atoms with van der Waals surface area (Å²) >= 11 is 7.57. The van der Waals surface area contributed by atoms with Crippen molar-refractivity contribution in [3.63, 3.8) is 0 Å². The van der Waals surface area contributed by atoms with Gasteiger partial charge in [-0.3, -0.25) is 9.59 Å². The van der Waals surface area contributed by atoms with Crippen LogP contribution in [0.1, 0.15) is 58.5 Å². The number of urea groups is 1. The normalized spacial score (nSPS) is 18.9. The van der Waals surface area contributed by atoms with E-state index in [0.717, 1.165) is 41.7 Å². The van der Waals surface area contributed by atoms with Crippen LogP contribution < -0.4 is 10.6 Å². The molecule has 1 aliphatic carbocycles. The lowest BCUT2D eigenvalue weighted by Gasteiger charge is -2.25. The highest BCUT2D eigenvalue weighted by Crippen LogP contribution is 2.34. The van der Waals surface area contributed by atoms with Crippen molar-refractivity contribution in [2.75, 3.05) is 5.32 Å². The number of ketones is 1. The highest BCUT2D eigenvalue weighted by atomic mass is 35.5. The van der Waals surface area contributed by atoms with E-state index in [2.05, 4.69) is 10.6 Å². The van der Waals surface area contributed by atoms with E-state index in [-0.39, 0.29) is 23.8 Å². The number of carbonyl (C=O) groups excluding carboxylic acids is 3. The van der Waals surface area contributed by atoms with Gasteiger partial charge in [0, 0.05) is 33.9 Å². The fraction of sp³-hybridized carbons (Fsp3) is 0.409. The van der Waals surface area contributed by atoms with Gasteiger partial charge in [0.05, 0.1) is 18.2 Å². The van der Waals surface area contributed by atoms with Crippen LogP contribution in [0.25, 0.3) is 0 Å². The largest absolute Gasteiger partial charge is 0.333 e. The number of nitrogens with zero attached hydrogens (tertiary/aromatic N) is 1. The first-order chi connectivity index (χ1) is 14.4. The van der Waals surface area contributed by atoms with Crippen molar-refractivity contribution in [3.8, 4) is 0 Å². The second-order valence-corrected chi connectivity index (χ2v) is 9.21. The Bertz CT molecular complexity index is 1000. The van der Waals surface area contributed by atoms with Crippen LogP contribution in [0.5, 0.6) is 0 Å². The number of Topliss-reactive ketones (excluding diaryl/α,β-unsaturated/α-hetero) is 1. The quantitative estimate of drug-likeness (QED) is 0.657. The number of halogens is 1. The molecule has 8 heteroatoms. The van der Waals surface area contributed by atoms with E-state index < -0.39 is 0 Å². The molecule has 0 spiro atoms. The lowest BCUT2D eigenvalue weighted by molar-refractivity contribution is -0.123. The Hall–Kier alpha value is -2.38. The number of anilines is 1. The van der Waals surface area contributed by atoms with Gasteiger partial charge >= 0.3 is 6.03 Å². The van der Waals surface area contributed by atoms with Gasteiger partial charge in [-0.05, 0) is 43.0 Å². The van der Waals surface area contributed by atoms with Crippen molar-refractivity contribution in [2.45, 2.75) is 58.2 Å². The predicted molar refractivity (Wildman–Crippen MR) is 118 cm³/mol. The summed E-state index contributed by atoms with van der Waals surface area (Å²) < 4.78 is 0. The monoisotopic (exact) mass is 445 g/mol. The third kappa shape index (κ3) is 4.23. The van der Waals surface area contributed by atoms with Crippen LogP contribution in [0.2, 0.25) is 5.02 Å². The number of hydrogen-bond acceptors (Lipinski definition) is 4. The third-order valence-corrected chi connectivity index (χ3v) is 7.22. The van der Waals surface area contributed by atoms with Crippen LogP contribution in [-0.4, -0.2) is 28.7 Å². The number of hydrogen-bond donors (Lipinski definition) is 2. The maximum atomic E-state index is 12.9. The SMILES string of the molecule is Cc1ccc(NC(=O)NCc2scc3c2CN([C@H]2CCCCCC2=O)C3=O)cc1Cl. The zero-order valence-electron chi connectivity index (χ0n) is 16.8. The Kier molecular flexibility index (Phi) is 6.11. The number of thiophene rings is 1. The summed E-state index contributed by atoms with van der Waals surface area (Å²) in [5.41, 5.74) is 3.16. The van der Waals surface area contributed by atoms with Crippen molar-refractivity contribution in [1.82, 2.24) is 10.2 Å². The van der Waals surface area contributed by atoms with Gasteiger partial charge < -0.3 is 15.5 Å². The molecule has 30 heavy (non-hydrogen) atoms. The zero-order valence-corrected chi connectivity index (χ0v) is 18.4. The molecule has 1 saturated carbocycles. The van der Waals surface area contributed by atoms with Crippen LogP contribution in [0, 0.1) is 6.92 Å². The first kappa shape index (κ1) is 20.9. The molecule has 1 aliphatic heterocycles. The topological polar surface area (TPSA) is 78.5 Å². The van der Waals surface area contributed by atoms with Crippen molar-refractivity contribution in [2.24, 2.45) is 0 Å². The van der Waals surface area contributed by atoms with Crippen LogP contribution in [0.3, 0.4) is 0 Å². The third-order valence-electron chi connectivity index (χ3n) is 5.79. The molecular formula is C22H24ClN3O3S. The second kappa shape index (κ2) is 8.78. The van der Waals surface area contributed by atoms with Crippen molar-refractivity contribution in [1.29, 1.82) is 0 Å². The van der Waals surface area contributed by atoms with Gasteiger partial charge in [0.2, 0.25) is 0 Å². The van der Waals surface area contributed by atoms with Crippen molar-refractivity contribution >= 4 is 46.3 Å². The molecule has 0 bridgehead atoms. The predicted octanol–water partition coefficient (Wildman–Crippen LogP) is 4.89. The number of aryl methyl sites for hydroxylation is 1. The molecule has 1 aromatic carbocycles. The van der Waals surface area contributed by atoms with E-state index in [1.165, 1.54) is 11.3 Å². The smallest absolute Gasteiger partial charge is 0.319 e. The van der Waals surface area contributed by atoms with Gasteiger partial charge in [0.25, 0.3) is 5.91 Å². The molecule has 0 radical (unpaired) electrons. The Labute approximate surface area is 184 Å². The minimum Gasteiger partial charge on any atom is -0.333 e. The number of amides is 3. The van der Waals surface area contributed by atoms with Gasteiger partial charge in [-0.1, -0.05) is 30.5 Å². The molecule has 1 fully saturated rings. The maximum absolute atomic E-state index is 12.9. The first-order valence-corrected chi connectivity index (χ1v) is 11.4. The minimum absolute atomic E-state index is 0.0634. The van der Waals surface area contributed by atoms with Gasteiger partial charge in [-0.25, -0.2) is 4.79 Å². The molecule has 3 amide bonds. The molecule has 4 rings (SSSR count). The van der Waals surface area contributed by atoms with Gasteiger partial charge in [0.15, 0.2) is 5.78 Å². The van der Waals surface area contributed by atoms with Crippen LogP contribution in [-0.2, 0) is 17.9 Å². The molecule has 1 aromatic heterocycles. The molecule has 2 heterocycles. The van der Waals surface area contributed by atoms with Gasteiger partial charge in [-0.15, -0.1) is 11.3 Å². The average Bonchev–Trinajstić information content (AvgIpc) is 3.18. The Morgan fingerprint density at radius 3 is 2.90 bits per heavy atom. The molecule has 6 nitrogen and oxygen atoms in total. The van der Waals surface area contributed by atoms with E-state index in [4.69, 9.17) is 11.6 Å². The molecule has 2 N–H and O–H groups in total. The highest BCUT2D eigenvalue weighted by molar-refractivity contribution is 7.10. The minimum atomic E-state index is -0.336. The van der Waals surface area contributed by atoms with Crippen molar-refractivity contribution in [3.05, 3.63) is 50.2 Å². The number of rotatable bonds is 4. The van der Waals surface area contributed by atoms with E-state index in [1.54, 1.807) is 17.0 Å². The van der Waals surface area contributed by atoms with Gasteiger partial charge in [0.1, 0.15) is 0 Å². The number of nitrogens with one attached hydrogen (secondary N) is 2. The molecule has 0 unspecified atom stereocenters. The standard InChI is InChI=1S/C22H24ClN3O3S/c1-13-7-8-14(9-17(13)23)25-22(29)24-10-20-15-11-26(21(28)16(15)12-30-20)18-5-3-2-4-6-19(18)27/h7-9,12,18H,2-6,10-11H2,1H3,(H2,24,25,29)/t18-/m0/s1. The van der Waals surface area contributed by atoms with Crippen LogP contribution in [0.15, 0.2) is 23.6 Å². The summed E-state index contributed by atoms with van der Waals surface area (Å²) in [4.78, 5) is 40.3. The molecular weight excluding hydrogens is 422 g/mol. The molecule has 158 valence electrons. The summed E-state index contributed by atoms with van der Waals surface area (Å²) in [7, 11) is 0. The number of benzene rings is 1.